The first-order chi connectivity index (χ1) is 2.41. The van der Waals surface area contributed by atoms with E-state index in [0.717, 1.165) is 0 Å². The fourth-order valence-electron chi connectivity index (χ4n) is 0.0510. The van der Waals surface area contributed by atoms with Gasteiger partial charge in [0.1, 0.15) is 6.42 Å². The molecule has 1 nitrogen and oxygen atoms in total. The SMILES string of the molecule is [CH2+]CC#C[O-]. The van der Waals surface area contributed by atoms with Crippen LogP contribution in [0.3, 0.4) is 0 Å². The Morgan fingerprint density at radius 2 is 2.40 bits per heavy atom. The normalized spacial score (nSPS) is 4.80. The van der Waals surface area contributed by atoms with Crippen LogP contribution in [-0.2, 0) is 0 Å². The molecule has 5 heavy (non-hydrogen) atoms. The molecule has 0 N–H and O–H groups in total. The van der Waals surface area contributed by atoms with Crippen molar-refractivity contribution in [3.63, 3.8) is 0 Å². The summed E-state index contributed by atoms with van der Waals surface area (Å²) in [6, 6.07) is 0. The second-order valence-corrected chi connectivity index (χ2v) is 0.529. The lowest BCUT2D eigenvalue weighted by Gasteiger charge is -1.70. The maximum absolute atomic E-state index is 9.13. The van der Waals surface area contributed by atoms with Crippen molar-refractivity contribution in [2.75, 3.05) is 0 Å². The lowest BCUT2D eigenvalue weighted by atomic mass is 10.5. The van der Waals surface area contributed by atoms with Crippen LogP contribution < -0.4 is 5.11 Å². The van der Waals surface area contributed by atoms with E-state index in [0.29, 0.717) is 6.42 Å². The molecule has 0 amide bonds. The van der Waals surface area contributed by atoms with Crippen molar-refractivity contribution in [3.05, 3.63) is 6.92 Å². The van der Waals surface area contributed by atoms with Gasteiger partial charge in [0, 0.05) is 0 Å². The fraction of sp³-hybridized carbons (Fsp3) is 0.250. The topological polar surface area (TPSA) is 23.1 Å². The highest BCUT2D eigenvalue weighted by molar-refractivity contribution is 4.88. The molecule has 0 rings (SSSR count). The third-order valence-corrected chi connectivity index (χ3v) is 0.197. The predicted molar refractivity (Wildman–Crippen MR) is 17.8 cm³/mol. The van der Waals surface area contributed by atoms with Gasteiger partial charge in [0.05, 0.1) is 6.92 Å². The highest BCUT2D eigenvalue weighted by atomic mass is 16.2. The minimum absolute atomic E-state index is 0.420. The summed E-state index contributed by atoms with van der Waals surface area (Å²) < 4.78 is 0. The Kier molecular flexibility index (Phi) is 2.73. The highest BCUT2D eigenvalue weighted by Crippen LogP contribution is 1.58. The molecular weight excluding hydrogens is 64.0 g/mol. The first-order valence-corrected chi connectivity index (χ1v) is 1.31. The monoisotopic (exact) mass is 68.0 g/mol. The molecule has 0 fully saturated rings. The van der Waals surface area contributed by atoms with Gasteiger partial charge < -0.3 is 5.11 Å². The zero-order valence-electron chi connectivity index (χ0n) is 2.82. The van der Waals surface area contributed by atoms with Crippen molar-refractivity contribution >= 4 is 0 Å². The third-order valence-electron chi connectivity index (χ3n) is 0.197. The van der Waals surface area contributed by atoms with Crippen LogP contribution in [-0.4, -0.2) is 0 Å². The molecule has 1 heteroatoms. The Balaban J connectivity index is 2.81. The Morgan fingerprint density at radius 1 is 1.80 bits per heavy atom. The molecule has 0 aliphatic carbocycles. The van der Waals surface area contributed by atoms with Gasteiger partial charge in [-0.25, -0.2) is 0 Å². The molecule has 0 aliphatic heterocycles. The van der Waals surface area contributed by atoms with Gasteiger partial charge in [0.15, 0.2) is 0 Å². The summed E-state index contributed by atoms with van der Waals surface area (Å²) in [4.78, 5) is 0. The average Bonchev–Trinajstić information content (AvgIpc) is 1.41. The van der Waals surface area contributed by atoms with Crippen LogP contribution in [0.15, 0.2) is 0 Å². The number of hydrogen-bond acceptors (Lipinski definition) is 1. The second-order valence-electron chi connectivity index (χ2n) is 0.529. The zero-order valence-corrected chi connectivity index (χ0v) is 2.82. The van der Waals surface area contributed by atoms with Crippen LogP contribution in [0.25, 0.3) is 0 Å². The van der Waals surface area contributed by atoms with Crippen LogP contribution in [0, 0.1) is 19.0 Å². The van der Waals surface area contributed by atoms with Crippen LogP contribution in [0.2, 0.25) is 0 Å². The van der Waals surface area contributed by atoms with E-state index in [-0.39, 0.29) is 0 Å². The van der Waals surface area contributed by atoms with Crippen LogP contribution in [0.1, 0.15) is 6.42 Å². The second kappa shape index (κ2) is 3.23. The lowest BCUT2D eigenvalue weighted by Crippen LogP contribution is -1.83. The summed E-state index contributed by atoms with van der Waals surface area (Å²) in [6.45, 7) is 3.30. The molecule has 0 atom stereocenters. The first kappa shape index (κ1) is 4.23. The summed E-state index contributed by atoms with van der Waals surface area (Å²) >= 11 is 0. The van der Waals surface area contributed by atoms with E-state index >= 15 is 0 Å². The quantitative estimate of drug-likeness (QED) is 0.278. The van der Waals surface area contributed by atoms with Crippen LogP contribution in [0.4, 0.5) is 0 Å². The maximum atomic E-state index is 9.13. The average molecular weight is 68.1 g/mol. The Morgan fingerprint density at radius 3 is 2.40 bits per heavy atom. The molecule has 0 heterocycles. The van der Waals surface area contributed by atoms with Gasteiger partial charge >= 0.3 is 0 Å². The van der Waals surface area contributed by atoms with E-state index < -0.39 is 0 Å². The molecule has 0 aliphatic rings. The van der Waals surface area contributed by atoms with Gasteiger partial charge in [-0.15, -0.1) is 0 Å². The smallest absolute Gasteiger partial charge is 0.144 e. The van der Waals surface area contributed by atoms with Crippen molar-refractivity contribution in [2.24, 2.45) is 0 Å². The predicted octanol–water partition coefficient (Wildman–Crippen LogP) is -0.468. The minimum atomic E-state index is 0.420. The van der Waals surface area contributed by atoms with E-state index in [1.54, 1.807) is 0 Å². The van der Waals surface area contributed by atoms with Crippen molar-refractivity contribution in [3.8, 4) is 12.0 Å². The van der Waals surface area contributed by atoms with Crippen molar-refractivity contribution in [1.82, 2.24) is 0 Å². The molecule has 0 saturated heterocycles. The Bertz CT molecular complexity index is 55.8. The summed E-state index contributed by atoms with van der Waals surface area (Å²) in [7, 11) is 0. The molecule has 0 aromatic carbocycles. The van der Waals surface area contributed by atoms with Crippen molar-refractivity contribution in [1.29, 1.82) is 0 Å². The first-order valence-electron chi connectivity index (χ1n) is 1.31. The van der Waals surface area contributed by atoms with E-state index in [9.17, 15) is 0 Å². The summed E-state index contributed by atoms with van der Waals surface area (Å²) in [6.07, 6.45) is 1.88. The molecule has 0 spiro atoms. The lowest BCUT2D eigenvalue weighted by molar-refractivity contribution is -0.247. The van der Waals surface area contributed by atoms with Gasteiger partial charge in [-0.3, -0.25) is 0 Å². The minimum Gasteiger partial charge on any atom is -0.833 e. The van der Waals surface area contributed by atoms with Gasteiger partial charge in [0.25, 0.3) is 0 Å². The number of hydrogen-bond donors (Lipinski definition) is 0. The zero-order chi connectivity index (χ0) is 4.12. The van der Waals surface area contributed by atoms with Gasteiger partial charge in [-0.2, -0.15) is 6.11 Å². The summed E-state index contributed by atoms with van der Waals surface area (Å²) in [5, 5.41) is 9.13. The van der Waals surface area contributed by atoms with Crippen LogP contribution in [0.5, 0.6) is 0 Å². The summed E-state index contributed by atoms with van der Waals surface area (Å²) in [5.41, 5.74) is 0. The Labute approximate surface area is 31.6 Å². The fourth-order valence-corrected chi connectivity index (χ4v) is 0.0510. The van der Waals surface area contributed by atoms with Crippen molar-refractivity contribution in [2.45, 2.75) is 6.42 Å². The van der Waals surface area contributed by atoms with Crippen molar-refractivity contribution < 1.29 is 5.11 Å². The Hall–Kier alpha value is -0.770. The van der Waals surface area contributed by atoms with E-state index in [1.165, 1.54) is 6.11 Å². The van der Waals surface area contributed by atoms with Crippen LogP contribution >= 0.6 is 0 Å². The molecule has 0 radical (unpaired) electrons. The molecular formula is C4H4O. The van der Waals surface area contributed by atoms with E-state index in [4.69, 9.17) is 5.11 Å². The van der Waals surface area contributed by atoms with Gasteiger partial charge in [-0.1, -0.05) is 5.92 Å². The summed E-state index contributed by atoms with van der Waals surface area (Å²) in [5.74, 6) is 2.19. The molecule has 0 aromatic rings. The molecule has 0 unspecified atom stereocenters. The largest absolute Gasteiger partial charge is 0.833 e. The molecule has 0 aromatic heterocycles. The number of rotatable bonds is 0. The van der Waals surface area contributed by atoms with E-state index in [2.05, 4.69) is 12.8 Å². The standard InChI is InChI=1S/C4H4O/c1-2-3-4-5/h1-2H2. The van der Waals surface area contributed by atoms with E-state index in [1.807, 2.05) is 0 Å². The molecule has 0 bridgehead atoms. The molecule has 0 saturated carbocycles. The highest BCUT2D eigenvalue weighted by Gasteiger charge is 1.56. The van der Waals surface area contributed by atoms with Gasteiger partial charge in [0.2, 0.25) is 0 Å². The molecule has 26 valence electrons. The third kappa shape index (κ3) is 3.23. The van der Waals surface area contributed by atoms with Gasteiger partial charge in [-0.05, 0) is 0 Å². The maximum Gasteiger partial charge on any atom is 0.144 e.